The maximum Gasteiger partial charge on any atom is 0.0348 e. The summed E-state index contributed by atoms with van der Waals surface area (Å²) in [7, 11) is 2.06. The van der Waals surface area contributed by atoms with Gasteiger partial charge < -0.3 is 5.32 Å². The maximum atomic E-state index is 3.47. The van der Waals surface area contributed by atoms with Gasteiger partial charge in [-0.1, -0.05) is 39.0 Å². The molecule has 1 N–H and O–H groups in total. The smallest absolute Gasteiger partial charge is 0.0348 e. The Bertz CT molecular complexity index is 341. The molecule has 90 valence electrons. The van der Waals surface area contributed by atoms with Crippen LogP contribution in [0.1, 0.15) is 43.5 Å². The van der Waals surface area contributed by atoms with Gasteiger partial charge in [-0.3, -0.25) is 0 Å². The van der Waals surface area contributed by atoms with Crippen molar-refractivity contribution >= 4 is 0 Å². The fraction of sp³-hybridized carbons (Fsp3) is 0.600. The first-order valence-corrected chi connectivity index (χ1v) is 6.22. The highest BCUT2D eigenvalue weighted by Crippen LogP contribution is 2.30. The number of rotatable bonds is 4. The summed E-state index contributed by atoms with van der Waals surface area (Å²) in [6, 6.07) is 7.06. The van der Waals surface area contributed by atoms with Gasteiger partial charge >= 0.3 is 0 Å². The van der Waals surface area contributed by atoms with E-state index in [2.05, 4.69) is 65.2 Å². The van der Waals surface area contributed by atoms with E-state index >= 15 is 0 Å². The molecule has 0 aliphatic rings. The minimum Gasteiger partial charge on any atom is -0.313 e. The molecule has 1 nitrogen and oxygen atoms in total. The van der Waals surface area contributed by atoms with Crippen molar-refractivity contribution in [2.24, 2.45) is 11.8 Å². The zero-order valence-electron chi connectivity index (χ0n) is 11.5. The third-order valence-electron chi connectivity index (χ3n) is 3.87. The molecule has 0 spiro atoms. The predicted molar refractivity (Wildman–Crippen MR) is 71.7 cm³/mol. The van der Waals surface area contributed by atoms with E-state index in [1.54, 1.807) is 0 Å². The van der Waals surface area contributed by atoms with Gasteiger partial charge in [0.2, 0.25) is 0 Å². The highest BCUT2D eigenvalue weighted by molar-refractivity contribution is 5.35. The molecule has 0 amide bonds. The maximum absolute atomic E-state index is 3.47. The van der Waals surface area contributed by atoms with Crippen LogP contribution in [0.25, 0.3) is 0 Å². The molecule has 2 atom stereocenters. The van der Waals surface area contributed by atoms with Gasteiger partial charge in [-0.05, 0) is 49.4 Å². The van der Waals surface area contributed by atoms with Crippen molar-refractivity contribution < 1.29 is 0 Å². The zero-order valence-corrected chi connectivity index (χ0v) is 11.5. The number of benzene rings is 1. The van der Waals surface area contributed by atoms with Crippen LogP contribution in [0.4, 0.5) is 0 Å². The lowest BCUT2D eigenvalue weighted by Crippen LogP contribution is -2.27. The van der Waals surface area contributed by atoms with Crippen LogP contribution in [0, 0.1) is 25.7 Å². The lowest BCUT2D eigenvalue weighted by molar-refractivity contribution is 0.316. The van der Waals surface area contributed by atoms with Gasteiger partial charge in [0.05, 0.1) is 0 Å². The van der Waals surface area contributed by atoms with Crippen molar-refractivity contribution in [2.75, 3.05) is 7.05 Å². The van der Waals surface area contributed by atoms with Gasteiger partial charge in [0.1, 0.15) is 0 Å². The summed E-state index contributed by atoms with van der Waals surface area (Å²) in [5, 5.41) is 3.47. The summed E-state index contributed by atoms with van der Waals surface area (Å²) < 4.78 is 0. The van der Waals surface area contributed by atoms with E-state index in [-0.39, 0.29) is 0 Å². The van der Waals surface area contributed by atoms with Crippen LogP contribution in [-0.2, 0) is 0 Å². The predicted octanol–water partition coefficient (Wildman–Crippen LogP) is 3.86. The molecule has 0 aromatic heterocycles. The Balaban J connectivity index is 3.09. The third kappa shape index (κ3) is 2.65. The Kier molecular flexibility index (Phi) is 4.55. The Morgan fingerprint density at radius 1 is 1.06 bits per heavy atom. The summed E-state index contributed by atoms with van der Waals surface area (Å²) in [5.74, 6) is 1.34. The summed E-state index contributed by atoms with van der Waals surface area (Å²) in [5.41, 5.74) is 4.26. The van der Waals surface area contributed by atoms with Crippen molar-refractivity contribution in [3.63, 3.8) is 0 Å². The fourth-order valence-corrected chi connectivity index (χ4v) is 2.20. The van der Waals surface area contributed by atoms with Gasteiger partial charge in [0.15, 0.2) is 0 Å². The number of hydrogen-bond acceptors (Lipinski definition) is 1. The molecule has 2 unspecified atom stereocenters. The molecule has 0 heterocycles. The molecular weight excluding hydrogens is 194 g/mol. The van der Waals surface area contributed by atoms with E-state index in [4.69, 9.17) is 0 Å². The normalized spacial score (nSPS) is 15.2. The molecule has 0 saturated heterocycles. The van der Waals surface area contributed by atoms with E-state index in [0.717, 1.165) is 0 Å². The molecule has 1 aromatic carbocycles. The van der Waals surface area contributed by atoms with Crippen molar-refractivity contribution in [1.29, 1.82) is 0 Å². The van der Waals surface area contributed by atoms with Crippen molar-refractivity contribution in [3.8, 4) is 0 Å². The summed E-state index contributed by atoms with van der Waals surface area (Å²) in [4.78, 5) is 0. The Hall–Kier alpha value is -0.820. The molecule has 1 rings (SSSR count). The van der Waals surface area contributed by atoms with Crippen LogP contribution < -0.4 is 5.32 Å². The third-order valence-corrected chi connectivity index (χ3v) is 3.87. The molecule has 1 aromatic rings. The van der Waals surface area contributed by atoms with Crippen molar-refractivity contribution in [1.82, 2.24) is 5.32 Å². The molecule has 1 heteroatoms. The van der Waals surface area contributed by atoms with Gasteiger partial charge in [-0.15, -0.1) is 0 Å². The minimum absolute atomic E-state index is 0.458. The van der Waals surface area contributed by atoms with Gasteiger partial charge in [-0.25, -0.2) is 0 Å². The second kappa shape index (κ2) is 5.49. The molecule has 0 aliphatic carbocycles. The van der Waals surface area contributed by atoms with E-state index in [9.17, 15) is 0 Å². The second-order valence-electron chi connectivity index (χ2n) is 5.16. The molecular formula is C15H25N. The molecule has 0 radical (unpaired) electrons. The minimum atomic E-state index is 0.458. The topological polar surface area (TPSA) is 12.0 Å². The second-order valence-corrected chi connectivity index (χ2v) is 5.16. The largest absolute Gasteiger partial charge is 0.313 e. The highest BCUT2D eigenvalue weighted by Gasteiger charge is 2.21. The highest BCUT2D eigenvalue weighted by atomic mass is 14.9. The average Bonchev–Trinajstić information content (AvgIpc) is 2.24. The van der Waals surface area contributed by atoms with Crippen LogP contribution in [0.15, 0.2) is 18.2 Å². The van der Waals surface area contributed by atoms with Gasteiger partial charge in [0.25, 0.3) is 0 Å². The fourth-order valence-electron chi connectivity index (χ4n) is 2.20. The van der Waals surface area contributed by atoms with E-state index < -0.39 is 0 Å². The quantitative estimate of drug-likeness (QED) is 0.811. The summed E-state index contributed by atoms with van der Waals surface area (Å²) >= 11 is 0. The Morgan fingerprint density at radius 2 is 1.69 bits per heavy atom. The number of aryl methyl sites for hydroxylation is 1. The Labute approximate surface area is 100 Å². The van der Waals surface area contributed by atoms with Crippen molar-refractivity contribution in [2.45, 2.75) is 40.7 Å². The van der Waals surface area contributed by atoms with Crippen LogP contribution in [0.5, 0.6) is 0 Å². The van der Waals surface area contributed by atoms with Gasteiger partial charge in [-0.2, -0.15) is 0 Å². The van der Waals surface area contributed by atoms with Crippen molar-refractivity contribution in [3.05, 3.63) is 34.9 Å². The molecule has 0 saturated carbocycles. The van der Waals surface area contributed by atoms with Gasteiger partial charge in [0, 0.05) is 6.04 Å². The van der Waals surface area contributed by atoms with Crippen LogP contribution >= 0.6 is 0 Å². The van der Waals surface area contributed by atoms with Crippen LogP contribution in [0.2, 0.25) is 0 Å². The first-order valence-electron chi connectivity index (χ1n) is 6.22. The van der Waals surface area contributed by atoms with E-state index in [1.165, 1.54) is 16.7 Å². The molecule has 0 aliphatic heterocycles. The first kappa shape index (κ1) is 13.2. The van der Waals surface area contributed by atoms with Crippen LogP contribution in [0.3, 0.4) is 0 Å². The molecule has 0 bridgehead atoms. The lowest BCUT2D eigenvalue weighted by Gasteiger charge is -2.28. The van der Waals surface area contributed by atoms with E-state index in [1.807, 2.05) is 0 Å². The monoisotopic (exact) mass is 219 g/mol. The molecule has 0 fully saturated rings. The van der Waals surface area contributed by atoms with Crippen LogP contribution in [-0.4, -0.2) is 7.05 Å². The number of hydrogen-bond donors (Lipinski definition) is 1. The lowest BCUT2D eigenvalue weighted by atomic mass is 9.84. The summed E-state index contributed by atoms with van der Waals surface area (Å²) in [6.07, 6.45) is 0. The SMILES string of the molecule is CNC(c1cccc(C)c1C)C(C)C(C)C. The zero-order chi connectivity index (χ0) is 12.3. The first-order chi connectivity index (χ1) is 7.49. The number of nitrogens with one attached hydrogen (secondary N) is 1. The average molecular weight is 219 g/mol. The Morgan fingerprint density at radius 3 is 2.19 bits per heavy atom. The molecule has 16 heavy (non-hydrogen) atoms. The van der Waals surface area contributed by atoms with E-state index in [0.29, 0.717) is 17.9 Å². The standard InChI is InChI=1S/C15H25N/c1-10(2)12(4)15(16-6)14-9-7-8-11(3)13(14)5/h7-10,12,15-16H,1-6H3. The summed E-state index contributed by atoms with van der Waals surface area (Å²) in [6.45, 7) is 11.3.